The SMILES string of the molecule is [2H]c1c([2H])c([2H])c2c(oc3c([2H])c(-c4nc(-c5cccc(-c6ccccc6)c5)nc(-c5ccc6c(c5)oc5ccccc56)n4)c([2H])c([2H])c32)c1[2H]. The van der Waals surface area contributed by atoms with Crippen molar-refractivity contribution in [3.63, 3.8) is 0 Å². The number of para-hydroxylation sites is 2. The topological polar surface area (TPSA) is 65.0 Å². The van der Waals surface area contributed by atoms with E-state index in [1.54, 1.807) is 0 Å². The molecule has 5 heteroatoms. The van der Waals surface area contributed by atoms with Gasteiger partial charge in [-0.3, -0.25) is 0 Å². The van der Waals surface area contributed by atoms with Crippen molar-refractivity contribution in [2.75, 3.05) is 0 Å². The molecule has 0 fully saturated rings. The molecule has 0 saturated carbocycles. The molecule has 0 aliphatic heterocycles. The molecule has 0 spiro atoms. The first-order valence-electron chi connectivity index (χ1n) is 17.5. The molecule has 0 saturated heterocycles. The number of aromatic nitrogens is 3. The van der Waals surface area contributed by atoms with E-state index in [4.69, 9.17) is 32.0 Å². The highest BCUT2D eigenvalue weighted by atomic mass is 16.3. The van der Waals surface area contributed by atoms with Crippen LogP contribution in [0, 0.1) is 0 Å². The van der Waals surface area contributed by atoms with Crippen molar-refractivity contribution in [1.29, 1.82) is 0 Å². The Kier molecular flexibility index (Phi) is 4.09. The third-order valence-corrected chi connectivity index (χ3v) is 7.61. The number of hydrogen-bond donors (Lipinski definition) is 0. The molecule has 0 unspecified atom stereocenters. The van der Waals surface area contributed by atoms with Gasteiger partial charge < -0.3 is 8.83 Å². The van der Waals surface area contributed by atoms with Gasteiger partial charge in [0.05, 0.1) is 9.60 Å². The van der Waals surface area contributed by atoms with Gasteiger partial charge in [-0.1, -0.05) is 97.0 Å². The van der Waals surface area contributed by atoms with Gasteiger partial charge in [0.25, 0.3) is 0 Å². The molecule has 0 amide bonds. The van der Waals surface area contributed by atoms with Crippen LogP contribution in [0.1, 0.15) is 9.60 Å². The quantitative estimate of drug-likeness (QED) is 0.210. The van der Waals surface area contributed by atoms with Gasteiger partial charge in [-0.2, -0.15) is 0 Å². The van der Waals surface area contributed by atoms with Crippen LogP contribution in [0.5, 0.6) is 0 Å². The molecule has 206 valence electrons. The molecule has 3 heterocycles. The first-order valence-corrected chi connectivity index (χ1v) is 14.0. The van der Waals surface area contributed by atoms with Crippen LogP contribution in [-0.4, -0.2) is 15.0 Å². The summed E-state index contributed by atoms with van der Waals surface area (Å²) in [7, 11) is 0. The first kappa shape index (κ1) is 18.5. The zero-order valence-electron chi connectivity index (χ0n) is 29.9. The normalized spacial score (nSPS) is 13.9. The fraction of sp³-hybridized carbons (Fsp3) is 0. The molecule has 5 nitrogen and oxygen atoms in total. The van der Waals surface area contributed by atoms with E-state index in [1.165, 1.54) is 0 Å². The fourth-order valence-electron chi connectivity index (χ4n) is 5.49. The minimum atomic E-state index is -0.498. The molecule has 0 bridgehead atoms. The van der Waals surface area contributed by atoms with E-state index in [0.29, 0.717) is 16.7 Å². The monoisotopic (exact) mass is 572 g/mol. The average molecular weight is 573 g/mol. The van der Waals surface area contributed by atoms with Crippen LogP contribution in [0.2, 0.25) is 0 Å². The lowest BCUT2D eigenvalue weighted by Gasteiger charge is -2.10. The summed E-state index contributed by atoms with van der Waals surface area (Å²) >= 11 is 0. The summed E-state index contributed by atoms with van der Waals surface area (Å²) in [5.41, 5.74) is 4.09. The Morgan fingerprint density at radius 2 is 1.07 bits per heavy atom. The third kappa shape index (κ3) is 4.06. The lowest BCUT2D eigenvalue weighted by molar-refractivity contribution is 0.668. The standard InChI is InChI=1S/C39H23N3O2/c1-2-9-24(10-3-1)25-11-8-12-26(21-25)37-40-38(27-17-19-31-29-13-4-6-15-33(29)43-35(31)22-27)42-39(41-37)28-18-20-32-30-14-5-7-16-34(30)44-36(32)23-28/h1-23H/i4D,6D,13D,15D,17D,19D,22D. The molecule has 0 aliphatic rings. The van der Waals surface area contributed by atoms with Gasteiger partial charge in [-0.05, 0) is 53.5 Å². The van der Waals surface area contributed by atoms with Crippen LogP contribution in [0.4, 0.5) is 0 Å². The van der Waals surface area contributed by atoms with Gasteiger partial charge in [-0.25, -0.2) is 15.0 Å². The second kappa shape index (κ2) is 9.75. The molecule has 6 aromatic carbocycles. The summed E-state index contributed by atoms with van der Waals surface area (Å²) in [4.78, 5) is 14.4. The lowest BCUT2D eigenvalue weighted by atomic mass is 10.0. The van der Waals surface area contributed by atoms with Crippen LogP contribution in [0.15, 0.2) is 148 Å². The highest BCUT2D eigenvalue weighted by Gasteiger charge is 2.16. The highest BCUT2D eigenvalue weighted by molar-refractivity contribution is 6.06. The van der Waals surface area contributed by atoms with Gasteiger partial charge >= 0.3 is 0 Å². The Labute approximate surface area is 261 Å². The minimum Gasteiger partial charge on any atom is -0.456 e. The van der Waals surface area contributed by atoms with E-state index in [0.717, 1.165) is 27.5 Å². The van der Waals surface area contributed by atoms with Crippen molar-refractivity contribution in [3.05, 3.63) is 139 Å². The summed E-state index contributed by atoms with van der Waals surface area (Å²) in [6.45, 7) is 0. The molecular weight excluding hydrogens is 542 g/mol. The molecule has 9 aromatic rings. The number of furan rings is 2. The van der Waals surface area contributed by atoms with Crippen molar-refractivity contribution in [2.45, 2.75) is 0 Å². The molecule has 0 radical (unpaired) electrons. The molecule has 44 heavy (non-hydrogen) atoms. The number of nitrogens with zero attached hydrogens (tertiary/aromatic N) is 3. The second-order valence-electron chi connectivity index (χ2n) is 10.3. The Balaban J connectivity index is 1.31. The van der Waals surface area contributed by atoms with E-state index in [2.05, 4.69) is 0 Å². The van der Waals surface area contributed by atoms with Crippen molar-refractivity contribution >= 4 is 43.9 Å². The van der Waals surface area contributed by atoms with Crippen LogP contribution in [0.3, 0.4) is 0 Å². The second-order valence-corrected chi connectivity index (χ2v) is 10.3. The lowest BCUT2D eigenvalue weighted by Crippen LogP contribution is -2.00. The summed E-state index contributed by atoms with van der Waals surface area (Å²) in [5.74, 6) is 0.472. The predicted octanol–water partition coefficient (Wildman–Crippen LogP) is 10.3. The van der Waals surface area contributed by atoms with Gasteiger partial charge in [-0.15, -0.1) is 0 Å². The fourth-order valence-corrected chi connectivity index (χ4v) is 5.49. The highest BCUT2D eigenvalue weighted by Crippen LogP contribution is 2.35. The van der Waals surface area contributed by atoms with E-state index in [1.807, 2.05) is 97.1 Å². The van der Waals surface area contributed by atoms with Gasteiger partial charge in [0.2, 0.25) is 0 Å². The minimum absolute atomic E-state index is 0.0452. The van der Waals surface area contributed by atoms with Gasteiger partial charge in [0.15, 0.2) is 17.5 Å². The molecule has 0 atom stereocenters. The number of rotatable bonds is 4. The van der Waals surface area contributed by atoms with Crippen LogP contribution < -0.4 is 0 Å². The maximum atomic E-state index is 9.23. The van der Waals surface area contributed by atoms with E-state index < -0.39 is 30.2 Å². The number of hydrogen-bond acceptors (Lipinski definition) is 5. The molecule has 0 aliphatic carbocycles. The zero-order chi connectivity index (χ0) is 35.1. The summed E-state index contributed by atoms with van der Waals surface area (Å²) in [6.07, 6.45) is 0. The number of fused-ring (bicyclic) bond motifs is 6. The first-order chi connectivity index (χ1) is 24.7. The third-order valence-electron chi connectivity index (χ3n) is 7.61. The van der Waals surface area contributed by atoms with E-state index in [-0.39, 0.29) is 57.1 Å². The largest absolute Gasteiger partial charge is 0.456 e. The predicted molar refractivity (Wildman–Crippen MR) is 176 cm³/mol. The molecule has 9 rings (SSSR count). The smallest absolute Gasteiger partial charge is 0.164 e. The number of benzene rings is 6. The Hall–Kier alpha value is -6.07. The van der Waals surface area contributed by atoms with Crippen LogP contribution >= 0.6 is 0 Å². The van der Waals surface area contributed by atoms with Crippen molar-refractivity contribution in [1.82, 2.24) is 15.0 Å². The average Bonchev–Trinajstić information content (AvgIpc) is 3.75. The maximum absolute atomic E-state index is 9.23. The van der Waals surface area contributed by atoms with Gasteiger partial charge in [0.1, 0.15) is 22.3 Å². The summed E-state index contributed by atoms with van der Waals surface area (Å²) < 4.78 is 72.6. The summed E-state index contributed by atoms with van der Waals surface area (Å²) in [6, 6.07) is 28.0. The van der Waals surface area contributed by atoms with Gasteiger partial charge in [0, 0.05) is 38.2 Å². The summed E-state index contributed by atoms with van der Waals surface area (Å²) in [5, 5.41) is 1.79. The maximum Gasteiger partial charge on any atom is 0.164 e. The Morgan fingerprint density at radius 1 is 0.409 bits per heavy atom. The zero-order valence-corrected chi connectivity index (χ0v) is 22.9. The van der Waals surface area contributed by atoms with Crippen LogP contribution in [0.25, 0.3) is 89.2 Å². The molecule has 3 aromatic heterocycles. The Bertz CT molecular complexity index is 2900. The van der Waals surface area contributed by atoms with Crippen molar-refractivity contribution < 1.29 is 18.4 Å². The van der Waals surface area contributed by atoms with Crippen LogP contribution in [-0.2, 0) is 0 Å². The van der Waals surface area contributed by atoms with Crippen molar-refractivity contribution in [2.24, 2.45) is 0 Å². The Morgan fingerprint density at radius 3 is 1.95 bits per heavy atom. The van der Waals surface area contributed by atoms with E-state index >= 15 is 0 Å². The van der Waals surface area contributed by atoms with Crippen molar-refractivity contribution in [3.8, 4) is 45.3 Å². The molecule has 0 N–H and O–H groups in total. The molecular formula is C39H23N3O2. The van der Waals surface area contributed by atoms with E-state index in [9.17, 15) is 1.37 Å².